The molecule has 2 aromatic rings. The third kappa shape index (κ3) is 4.67. The molecule has 0 spiro atoms. The van der Waals surface area contributed by atoms with Gasteiger partial charge >= 0.3 is 0 Å². The van der Waals surface area contributed by atoms with E-state index in [2.05, 4.69) is 6.92 Å². The van der Waals surface area contributed by atoms with E-state index in [1.807, 2.05) is 51.1 Å². The van der Waals surface area contributed by atoms with Gasteiger partial charge in [-0.1, -0.05) is 51.8 Å². The van der Waals surface area contributed by atoms with Gasteiger partial charge in [0.15, 0.2) is 0 Å². The Hall–Kier alpha value is -3.28. The summed E-state index contributed by atoms with van der Waals surface area (Å²) in [6.45, 7) is 8.45. The van der Waals surface area contributed by atoms with Crippen molar-refractivity contribution in [3.05, 3.63) is 64.2 Å². The summed E-state index contributed by atoms with van der Waals surface area (Å²) in [4.78, 5) is 28.1. The number of nitrogens with zero attached hydrogens (tertiary/aromatic N) is 1. The van der Waals surface area contributed by atoms with Crippen molar-refractivity contribution >= 4 is 17.4 Å². The van der Waals surface area contributed by atoms with Crippen molar-refractivity contribution in [1.82, 2.24) is 4.90 Å². The second-order valence-electron chi connectivity index (χ2n) is 9.01. The predicted octanol–water partition coefficient (Wildman–Crippen LogP) is 5.75. The van der Waals surface area contributed by atoms with Gasteiger partial charge in [0.05, 0.1) is 25.8 Å². The first kappa shape index (κ1) is 25.3. The molecule has 34 heavy (non-hydrogen) atoms. The molecule has 182 valence electrons. The average Bonchev–Trinajstić information content (AvgIpc) is 3.08. The third-order valence-electron chi connectivity index (χ3n) is 6.43. The van der Waals surface area contributed by atoms with Crippen molar-refractivity contribution in [2.24, 2.45) is 0 Å². The van der Waals surface area contributed by atoms with Crippen LogP contribution >= 0.6 is 0 Å². The topological polar surface area (TPSA) is 76.1 Å². The molecule has 1 atom stereocenters. The lowest BCUT2D eigenvalue weighted by Gasteiger charge is -2.27. The van der Waals surface area contributed by atoms with Crippen molar-refractivity contribution in [1.29, 1.82) is 0 Å². The summed E-state index contributed by atoms with van der Waals surface area (Å²) in [7, 11) is 3.17. The fraction of sp³-hybridized carbons (Fsp3) is 0.429. The number of aliphatic hydroxyl groups excluding tert-OH is 1. The second kappa shape index (κ2) is 10.8. The van der Waals surface area contributed by atoms with Gasteiger partial charge < -0.3 is 19.5 Å². The third-order valence-corrected chi connectivity index (χ3v) is 6.43. The number of Topliss-reactive ketones (excluding diaryl/α,β-unsaturated/α-hetero) is 1. The molecule has 1 heterocycles. The summed E-state index contributed by atoms with van der Waals surface area (Å²) in [6.07, 6.45) is 2.71. The molecule has 0 aliphatic carbocycles. The van der Waals surface area contributed by atoms with Gasteiger partial charge in [0.25, 0.3) is 11.7 Å². The molecule has 1 saturated heterocycles. The van der Waals surface area contributed by atoms with Crippen LogP contribution in [0.15, 0.2) is 42.0 Å². The summed E-state index contributed by atoms with van der Waals surface area (Å²) in [5.41, 5.74) is 2.97. The first-order chi connectivity index (χ1) is 16.3. The molecule has 3 rings (SSSR count). The standard InChI is InChI=1S/C28H35NO5/c1-7-8-11-14-29-25(19-12-9-10-13-22(19)33-5)24(27(31)28(29)32)26(30)21-16-20(17(2)3)23(34-6)15-18(21)4/h9-10,12-13,15-17,25,30H,7-8,11,14H2,1-6H3/b26-24+. The summed E-state index contributed by atoms with van der Waals surface area (Å²) >= 11 is 0. The minimum atomic E-state index is -0.725. The molecule has 1 aliphatic heterocycles. The maximum Gasteiger partial charge on any atom is 0.295 e. The lowest BCUT2D eigenvalue weighted by atomic mass is 9.90. The highest BCUT2D eigenvalue weighted by atomic mass is 16.5. The first-order valence-electron chi connectivity index (χ1n) is 11.9. The van der Waals surface area contributed by atoms with Crippen LogP contribution in [0.4, 0.5) is 0 Å². The van der Waals surface area contributed by atoms with Gasteiger partial charge in [0.1, 0.15) is 17.3 Å². The highest BCUT2D eigenvalue weighted by Crippen LogP contribution is 2.44. The molecule has 2 aromatic carbocycles. The van der Waals surface area contributed by atoms with E-state index in [0.29, 0.717) is 23.4 Å². The number of carbonyl (C=O) groups is 2. The Morgan fingerprint density at radius 2 is 1.74 bits per heavy atom. The summed E-state index contributed by atoms with van der Waals surface area (Å²) in [5.74, 6) is -0.00615. The number of para-hydroxylation sites is 1. The number of aryl methyl sites for hydroxylation is 1. The number of likely N-dealkylation sites (tertiary alicyclic amines) is 1. The van der Waals surface area contributed by atoms with Gasteiger partial charge in [0.2, 0.25) is 0 Å². The number of ether oxygens (including phenoxy) is 2. The number of carbonyl (C=O) groups excluding carboxylic acids is 2. The minimum Gasteiger partial charge on any atom is -0.507 e. The largest absolute Gasteiger partial charge is 0.507 e. The number of methoxy groups -OCH3 is 2. The predicted molar refractivity (Wildman–Crippen MR) is 133 cm³/mol. The molecule has 0 bridgehead atoms. The maximum atomic E-state index is 13.3. The van der Waals surface area contributed by atoms with Crippen LogP contribution in [0, 0.1) is 6.92 Å². The van der Waals surface area contributed by atoms with Gasteiger partial charge in [-0.15, -0.1) is 0 Å². The van der Waals surface area contributed by atoms with Crippen LogP contribution < -0.4 is 9.47 Å². The smallest absolute Gasteiger partial charge is 0.295 e. The average molecular weight is 466 g/mol. The molecular weight excluding hydrogens is 430 g/mol. The highest BCUT2D eigenvalue weighted by Gasteiger charge is 2.46. The van der Waals surface area contributed by atoms with Crippen LogP contribution in [0.3, 0.4) is 0 Å². The molecule has 1 aliphatic rings. The zero-order valence-electron chi connectivity index (χ0n) is 21.0. The van der Waals surface area contributed by atoms with Crippen molar-refractivity contribution in [3.63, 3.8) is 0 Å². The molecule has 6 heteroatoms. The van der Waals surface area contributed by atoms with E-state index in [1.54, 1.807) is 25.2 Å². The molecule has 0 aromatic heterocycles. The lowest BCUT2D eigenvalue weighted by Crippen LogP contribution is -2.30. The summed E-state index contributed by atoms with van der Waals surface area (Å²) in [5, 5.41) is 11.5. The maximum absolute atomic E-state index is 13.3. The molecule has 1 N–H and O–H groups in total. The number of unbranched alkanes of at least 4 members (excludes halogenated alkanes) is 2. The molecule has 1 fully saturated rings. The fourth-order valence-electron chi connectivity index (χ4n) is 4.58. The van der Waals surface area contributed by atoms with Gasteiger partial charge in [-0.05, 0) is 48.6 Å². The van der Waals surface area contributed by atoms with E-state index in [-0.39, 0.29) is 17.3 Å². The van der Waals surface area contributed by atoms with Crippen LogP contribution in [0.5, 0.6) is 11.5 Å². The van der Waals surface area contributed by atoms with Crippen LogP contribution in [0.25, 0.3) is 5.76 Å². The van der Waals surface area contributed by atoms with Gasteiger partial charge in [-0.2, -0.15) is 0 Å². The molecule has 1 amide bonds. The second-order valence-corrected chi connectivity index (χ2v) is 9.01. The first-order valence-corrected chi connectivity index (χ1v) is 11.9. The zero-order chi connectivity index (χ0) is 25.0. The SMILES string of the molecule is CCCCCN1C(=O)C(=O)/C(=C(/O)c2cc(C(C)C)c(OC)cc2C)C1c1ccccc1OC. The Labute approximate surface area is 202 Å². The van der Waals surface area contributed by atoms with Crippen LogP contribution in [-0.2, 0) is 9.59 Å². The molecule has 1 unspecified atom stereocenters. The van der Waals surface area contributed by atoms with Crippen molar-refractivity contribution in [2.45, 2.75) is 58.9 Å². The van der Waals surface area contributed by atoms with Crippen molar-refractivity contribution in [3.8, 4) is 11.5 Å². The monoisotopic (exact) mass is 465 g/mol. The summed E-state index contributed by atoms with van der Waals surface area (Å²) in [6, 6.07) is 10.3. The van der Waals surface area contributed by atoms with Crippen molar-refractivity contribution < 1.29 is 24.2 Å². The molecule has 6 nitrogen and oxygen atoms in total. The van der Waals surface area contributed by atoms with E-state index < -0.39 is 17.7 Å². The normalized spacial score (nSPS) is 17.5. The Balaban J connectivity index is 2.25. The Morgan fingerprint density at radius 3 is 2.35 bits per heavy atom. The number of ketones is 1. The van der Waals surface area contributed by atoms with E-state index in [0.717, 1.165) is 36.1 Å². The minimum absolute atomic E-state index is 0.0916. The number of rotatable bonds is 9. The Bertz CT molecular complexity index is 1100. The van der Waals surface area contributed by atoms with Gasteiger partial charge in [-0.3, -0.25) is 9.59 Å². The van der Waals surface area contributed by atoms with Crippen molar-refractivity contribution in [2.75, 3.05) is 20.8 Å². The molecule has 0 saturated carbocycles. The number of aliphatic hydroxyl groups is 1. The van der Waals surface area contributed by atoms with Gasteiger partial charge in [-0.25, -0.2) is 0 Å². The van der Waals surface area contributed by atoms with Crippen LogP contribution in [0.2, 0.25) is 0 Å². The molecule has 0 radical (unpaired) electrons. The van der Waals surface area contributed by atoms with Crippen LogP contribution in [0.1, 0.15) is 74.2 Å². The van der Waals surface area contributed by atoms with Crippen LogP contribution in [-0.4, -0.2) is 42.5 Å². The highest BCUT2D eigenvalue weighted by molar-refractivity contribution is 6.46. The number of hydrogen-bond donors (Lipinski definition) is 1. The summed E-state index contributed by atoms with van der Waals surface area (Å²) < 4.78 is 11.1. The van der Waals surface area contributed by atoms with E-state index in [4.69, 9.17) is 9.47 Å². The Kier molecular flexibility index (Phi) is 8.02. The number of hydrogen-bond acceptors (Lipinski definition) is 5. The van der Waals surface area contributed by atoms with E-state index in [9.17, 15) is 14.7 Å². The van der Waals surface area contributed by atoms with E-state index >= 15 is 0 Å². The zero-order valence-corrected chi connectivity index (χ0v) is 21.0. The number of benzene rings is 2. The van der Waals surface area contributed by atoms with Gasteiger partial charge in [0, 0.05) is 17.7 Å². The Morgan fingerprint density at radius 1 is 1.06 bits per heavy atom. The number of amides is 1. The molecular formula is C28H35NO5. The lowest BCUT2D eigenvalue weighted by molar-refractivity contribution is -0.139. The fourth-order valence-corrected chi connectivity index (χ4v) is 4.58. The van der Waals surface area contributed by atoms with E-state index in [1.165, 1.54) is 0 Å². The quantitative estimate of drug-likeness (QED) is 0.221.